The molecule has 0 aliphatic carbocycles. The van der Waals surface area contributed by atoms with Crippen LogP contribution in [0.5, 0.6) is 0 Å². The molecule has 4 rings (SSSR count). The normalized spacial score (nSPS) is 15.7. The molecule has 2 bridgehead atoms. The van der Waals surface area contributed by atoms with Crippen LogP contribution in [0.15, 0.2) is 35.6 Å². The first-order valence-electron chi connectivity index (χ1n) is 6.12. The lowest BCUT2D eigenvalue weighted by molar-refractivity contribution is -0.113. The van der Waals surface area contributed by atoms with Gasteiger partial charge in [-0.2, -0.15) is 0 Å². The number of hydrogen-bond donors (Lipinski definition) is 1. The maximum Gasteiger partial charge on any atom is 0.266 e. The quantitative estimate of drug-likeness (QED) is 0.834. The standard InChI is InChI=1S/C14H10N4OS/c15-14(19)12-13-9(10-6-18(12)7-17-10)4-11(20-13)8-2-1-3-16-5-8/h1-5,7H,6H2,(H2,15,19). The Morgan fingerprint density at radius 2 is 2.35 bits per heavy atom. The molecular formula is C14H10N4OS. The molecule has 2 aliphatic heterocycles. The highest BCUT2D eigenvalue weighted by molar-refractivity contribution is 7.13. The van der Waals surface area contributed by atoms with Gasteiger partial charge in [-0.25, -0.2) is 4.99 Å². The molecule has 0 aromatic carbocycles. The fourth-order valence-corrected chi connectivity index (χ4v) is 3.73. The van der Waals surface area contributed by atoms with Crippen molar-refractivity contribution in [3.63, 3.8) is 0 Å². The number of hydrogen-bond acceptors (Lipinski definition) is 5. The molecule has 6 heteroatoms. The molecule has 0 atom stereocenters. The van der Waals surface area contributed by atoms with Gasteiger partial charge in [-0.3, -0.25) is 9.78 Å². The average Bonchev–Trinajstić information content (AvgIpc) is 3.06. The molecule has 2 N–H and O–H groups in total. The smallest absolute Gasteiger partial charge is 0.266 e. The highest BCUT2D eigenvalue weighted by atomic mass is 32.1. The predicted octanol–water partition coefficient (Wildman–Crippen LogP) is -0.131. The highest BCUT2D eigenvalue weighted by Crippen LogP contribution is 2.23. The summed E-state index contributed by atoms with van der Waals surface area (Å²) in [7, 11) is 0. The fourth-order valence-electron chi connectivity index (χ4n) is 2.49. The third-order valence-corrected chi connectivity index (χ3v) is 4.59. The summed E-state index contributed by atoms with van der Waals surface area (Å²) in [6.07, 6.45) is 5.23. The summed E-state index contributed by atoms with van der Waals surface area (Å²) in [5.41, 5.74) is 8.07. The van der Waals surface area contributed by atoms with Gasteiger partial charge in [0.15, 0.2) is 0 Å². The lowest BCUT2D eigenvalue weighted by Gasteiger charge is -2.17. The number of carbonyl (C=O) groups excluding carboxylic acids is 1. The number of nitrogens with two attached hydrogens (primary N) is 1. The van der Waals surface area contributed by atoms with Gasteiger partial charge in [0.1, 0.15) is 5.70 Å². The number of aliphatic imine (C=N–C) groups is 1. The van der Waals surface area contributed by atoms with Crippen molar-refractivity contribution in [2.75, 3.05) is 6.54 Å². The lowest BCUT2D eigenvalue weighted by atomic mass is 10.2. The zero-order chi connectivity index (χ0) is 13.7. The second-order valence-electron chi connectivity index (χ2n) is 4.63. The molecule has 5 nitrogen and oxygen atoms in total. The Balaban J connectivity index is 2.06. The first-order valence-corrected chi connectivity index (χ1v) is 6.94. The van der Waals surface area contributed by atoms with Crippen molar-refractivity contribution < 1.29 is 4.79 Å². The molecule has 98 valence electrons. The molecule has 0 unspecified atom stereocenters. The van der Waals surface area contributed by atoms with Gasteiger partial charge < -0.3 is 10.6 Å². The number of pyridine rings is 1. The van der Waals surface area contributed by atoms with Crippen molar-refractivity contribution in [2.45, 2.75) is 0 Å². The Morgan fingerprint density at radius 3 is 3.10 bits per heavy atom. The van der Waals surface area contributed by atoms with Crippen LogP contribution in [0, 0.1) is 0 Å². The summed E-state index contributed by atoms with van der Waals surface area (Å²) >= 11 is 1.55. The van der Waals surface area contributed by atoms with E-state index in [-0.39, 0.29) is 0 Å². The van der Waals surface area contributed by atoms with Gasteiger partial charge in [0.2, 0.25) is 0 Å². The number of primary amides is 1. The van der Waals surface area contributed by atoms with Gasteiger partial charge in [-0.05, 0) is 12.1 Å². The Morgan fingerprint density at radius 1 is 1.45 bits per heavy atom. The minimum atomic E-state index is -0.418. The summed E-state index contributed by atoms with van der Waals surface area (Å²) in [5, 5.41) is 1.01. The topological polar surface area (TPSA) is 71.6 Å². The summed E-state index contributed by atoms with van der Waals surface area (Å²) in [5.74, 6) is -0.418. The minimum Gasteiger partial charge on any atom is -0.364 e. The number of carbonyl (C=O) groups is 1. The minimum absolute atomic E-state index is 0.418. The van der Waals surface area contributed by atoms with Gasteiger partial charge in [0, 0.05) is 28.1 Å². The van der Waals surface area contributed by atoms with E-state index in [1.165, 1.54) is 0 Å². The Bertz CT molecular complexity index is 866. The van der Waals surface area contributed by atoms with Crippen molar-refractivity contribution >= 4 is 35.0 Å². The molecule has 1 amide bonds. The zero-order valence-electron chi connectivity index (χ0n) is 10.4. The molecule has 0 radical (unpaired) electrons. The Labute approximate surface area is 118 Å². The van der Waals surface area contributed by atoms with Gasteiger partial charge in [0.25, 0.3) is 5.91 Å². The summed E-state index contributed by atoms with van der Waals surface area (Å²) in [6, 6.07) is 5.96. The number of nitrogens with zero attached hydrogens (tertiary/aromatic N) is 3. The first-order chi connectivity index (χ1) is 9.74. The molecule has 2 aromatic heterocycles. The Hall–Kier alpha value is -2.47. The molecular weight excluding hydrogens is 272 g/mol. The molecule has 0 saturated heterocycles. The van der Waals surface area contributed by atoms with Crippen LogP contribution in [0.2, 0.25) is 0 Å². The largest absolute Gasteiger partial charge is 0.364 e. The maximum atomic E-state index is 11.7. The van der Waals surface area contributed by atoms with E-state index in [0.29, 0.717) is 12.2 Å². The van der Waals surface area contributed by atoms with E-state index in [0.717, 1.165) is 25.9 Å². The van der Waals surface area contributed by atoms with E-state index in [2.05, 4.69) is 16.0 Å². The number of rotatable bonds is 2. The number of aromatic nitrogens is 1. The van der Waals surface area contributed by atoms with Crippen molar-refractivity contribution in [3.8, 4) is 10.4 Å². The van der Waals surface area contributed by atoms with E-state index in [9.17, 15) is 4.79 Å². The molecule has 0 saturated carbocycles. The van der Waals surface area contributed by atoms with Crippen LogP contribution < -0.4 is 15.5 Å². The van der Waals surface area contributed by atoms with Gasteiger partial charge in [-0.15, -0.1) is 11.3 Å². The van der Waals surface area contributed by atoms with Crippen molar-refractivity contribution in [1.29, 1.82) is 0 Å². The SMILES string of the molecule is NC(=O)C1=c2sc(-c3cccnc3)cc2=C2CN1C=N2. The third kappa shape index (κ3) is 1.51. The van der Waals surface area contributed by atoms with Gasteiger partial charge in [0.05, 0.1) is 23.1 Å². The van der Waals surface area contributed by atoms with Crippen molar-refractivity contribution in [2.24, 2.45) is 10.7 Å². The summed E-state index contributed by atoms with van der Waals surface area (Å²) < 4.78 is 0.898. The molecule has 0 spiro atoms. The third-order valence-electron chi connectivity index (χ3n) is 3.40. The van der Waals surface area contributed by atoms with Crippen LogP contribution in [0.25, 0.3) is 21.8 Å². The van der Waals surface area contributed by atoms with E-state index in [4.69, 9.17) is 5.73 Å². The first kappa shape index (κ1) is 11.4. The van der Waals surface area contributed by atoms with E-state index in [1.807, 2.05) is 23.2 Å². The summed E-state index contributed by atoms with van der Waals surface area (Å²) in [6.45, 7) is 0.620. The van der Waals surface area contributed by atoms with E-state index < -0.39 is 5.91 Å². The molecule has 2 aromatic rings. The zero-order valence-corrected chi connectivity index (χ0v) is 11.2. The van der Waals surface area contributed by atoms with Crippen LogP contribution in [-0.2, 0) is 4.79 Å². The molecule has 2 aliphatic rings. The van der Waals surface area contributed by atoms with Crippen LogP contribution in [-0.4, -0.2) is 28.7 Å². The monoisotopic (exact) mass is 282 g/mol. The average molecular weight is 282 g/mol. The highest BCUT2D eigenvalue weighted by Gasteiger charge is 2.26. The second kappa shape index (κ2) is 4.01. The van der Waals surface area contributed by atoms with Crippen molar-refractivity contribution in [3.05, 3.63) is 40.3 Å². The summed E-state index contributed by atoms with van der Waals surface area (Å²) in [4.78, 5) is 23.1. The van der Waals surface area contributed by atoms with E-state index in [1.54, 1.807) is 23.9 Å². The van der Waals surface area contributed by atoms with Gasteiger partial charge >= 0.3 is 0 Å². The van der Waals surface area contributed by atoms with Gasteiger partial charge in [-0.1, -0.05) is 6.07 Å². The molecule has 20 heavy (non-hydrogen) atoms. The predicted molar refractivity (Wildman–Crippen MR) is 78.0 cm³/mol. The number of amides is 1. The van der Waals surface area contributed by atoms with Crippen LogP contribution in [0.3, 0.4) is 0 Å². The van der Waals surface area contributed by atoms with Crippen molar-refractivity contribution in [1.82, 2.24) is 9.88 Å². The number of fused-ring (bicyclic) bond motifs is 3. The van der Waals surface area contributed by atoms with Crippen LogP contribution in [0.1, 0.15) is 0 Å². The van der Waals surface area contributed by atoms with Crippen LogP contribution in [0.4, 0.5) is 0 Å². The molecule has 0 fully saturated rings. The second-order valence-corrected chi connectivity index (χ2v) is 5.68. The lowest BCUT2D eigenvalue weighted by Crippen LogP contribution is -2.41. The van der Waals surface area contributed by atoms with Crippen LogP contribution >= 0.6 is 11.3 Å². The molecule has 4 heterocycles. The fraction of sp³-hybridized carbons (Fsp3) is 0.0714. The number of thiophene rings is 1. The van der Waals surface area contributed by atoms with E-state index >= 15 is 0 Å². The Kier molecular flexibility index (Phi) is 2.28. The maximum absolute atomic E-state index is 11.7.